The molecule has 0 rings (SSSR count). The number of carbonyl (C=O) groups excluding carboxylic acids is 6. The molecule has 6 amide bonds. The molecular formula is C7H7N3O6. The van der Waals surface area contributed by atoms with Crippen LogP contribution >= 0.6 is 0 Å². The molecule has 0 aliphatic carbocycles. The van der Waals surface area contributed by atoms with E-state index in [-0.39, 0.29) is 53.2 Å². The summed E-state index contributed by atoms with van der Waals surface area (Å²) >= 11 is 0. The smallest absolute Gasteiger partial charge is 0.219 e. The Kier molecular flexibility index (Phi) is 5.71. The molecule has 16 heavy (non-hydrogen) atoms. The van der Waals surface area contributed by atoms with Crippen LogP contribution in [0.3, 0.4) is 0 Å². The van der Waals surface area contributed by atoms with Gasteiger partial charge in [-0.1, -0.05) is 0 Å². The Labute approximate surface area is 89.2 Å². The predicted molar refractivity (Wildman–Crippen MR) is 45.7 cm³/mol. The van der Waals surface area contributed by atoms with Gasteiger partial charge in [0.05, 0.1) is 0 Å². The van der Waals surface area contributed by atoms with Gasteiger partial charge in [-0.05, 0) is 0 Å². The molecule has 0 atom stereocenters. The average Bonchev–Trinajstić information content (AvgIpc) is 2.33. The number of rotatable bonds is 9. The van der Waals surface area contributed by atoms with Crippen molar-refractivity contribution in [3.8, 4) is 0 Å². The van der Waals surface area contributed by atoms with Crippen LogP contribution in [0.15, 0.2) is 0 Å². The number of nitrogens with zero attached hydrogens (tertiary/aromatic N) is 3. The molecule has 0 saturated carbocycles. The lowest BCUT2D eigenvalue weighted by Crippen LogP contribution is -2.56. The minimum Gasteiger partial charge on any atom is -0.278 e. The van der Waals surface area contributed by atoms with Crippen molar-refractivity contribution in [2.75, 3.05) is 0 Å². The van der Waals surface area contributed by atoms with Crippen molar-refractivity contribution in [1.82, 2.24) is 14.7 Å². The fraction of sp³-hybridized carbons (Fsp3) is 0.143. The predicted octanol–water partition coefficient (Wildman–Crippen LogP) is -2.89. The van der Waals surface area contributed by atoms with Crippen molar-refractivity contribution < 1.29 is 28.8 Å². The second kappa shape index (κ2) is 6.81. The highest BCUT2D eigenvalue weighted by molar-refractivity contribution is 5.78. The van der Waals surface area contributed by atoms with Crippen LogP contribution in [0.2, 0.25) is 0 Å². The Hall–Kier alpha value is -2.58. The first kappa shape index (κ1) is 13.4. The van der Waals surface area contributed by atoms with E-state index in [4.69, 9.17) is 0 Å². The van der Waals surface area contributed by atoms with Crippen LogP contribution in [0.4, 0.5) is 0 Å². The fourth-order valence-electron chi connectivity index (χ4n) is 0.863. The molecule has 0 heterocycles. The highest BCUT2D eigenvalue weighted by atomic mass is 16.2. The Bertz CT molecular complexity index is 235. The molecule has 0 aromatic rings. The zero-order valence-corrected chi connectivity index (χ0v) is 7.83. The lowest BCUT2D eigenvalue weighted by Gasteiger charge is -2.31. The summed E-state index contributed by atoms with van der Waals surface area (Å²) in [6.07, 6.45) is -2.00. The zero-order valence-electron chi connectivity index (χ0n) is 7.83. The molecule has 0 N–H and O–H groups in total. The maximum atomic E-state index is 10.4. The molecule has 0 aliphatic heterocycles. The normalized spacial score (nSPS) is 8.81. The fourth-order valence-corrected chi connectivity index (χ4v) is 0.863. The molecule has 0 aromatic carbocycles. The topological polar surface area (TPSA) is 112 Å². The molecule has 0 fully saturated rings. The third-order valence-corrected chi connectivity index (χ3v) is 1.53. The van der Waals surface area contributed by atoms with Crippen LogP contribution in [0.1, 0.15) is 0 Å². The van der Waals surface area contributed by atoms with Crippen molar-refractivity contribution in [3.05, 3.63) is 0 Å². The van der Waals surface area contributed by atoms with Gasteiger partial charge in [0.2, 0.25) is 44.8 Å². The lowest BCUT2D eigenvalue weighted by molar-refractivity contribution is -0.158. The molecule has 0 aromatic heterocycles. The first-order chi connectivity index (χ1) is 7.69. The molecule has 0 bridgehead atoms. The average molecular weight is 229 g/mol. The highest BCUT2D eigenvalue weighted by Gasteiger charge is 2.28. The Morgan fingerprint density at radius 2 is 0.688 bits per heavy atom. The van der Waals surface area contributed by atoms with Gasteiger partial charge in [0.1, 0.15) is 0 Å². The van der Waals surface area contributed by atoms with Gasteiger partial charge < -0.3 is 0 Å². The molecule has 9 nitrogen and oxygen atoms in total. The Morgan fingerprint density at radius 3 is 0.812 bits per heavy atom. The minimum absolute atomic E-state index is 0.0440. The van der Waals surface area contributed by atoms with Crippen LogP contribution in [-0.4, -0.2) is 59.5 Å². The second-order valence-corrected chi connectivity index (χ2v) is 2.32. The van der Waals surface area contributed by atoms with E-state index in [0.717, 1.165) is 0 Å². The monoisotopic (exact) mass is 229 g/mol. The van der Waals surface area contributed by atoms with Crippen molar-refractivity contribution in [2.24, 2.45) is 0 Å². The Balaban J connectivity index is 5.29. The summed E-state index contributed by atoms with van der Waals surface area (Å²) in [6, 6.07) is 0. The van der Waals surface area contributed by atoms with Gasteiger partial charge in [0.25, 0.3) is 0 Å². The third-order valence-electron chi connectivity index (χ3n) is 1.53. The van der Waals surface area contributed by atoms with E-state index in [1.165, 1.54) is 0 Å². The van der Waals surface area contributed by atoms with Crippen molar-refractivity contribution in [3.63, 3.8) is 0 Å². The number of imide groups is 3. The Morgan fingerprint density at radius 1 is 0.500 bits per heavy atom. The third kappa shape index (κ3) is 2.70. The summed E-state index contributed by atoms with van der Waals surface area (Å²) in [7, 11) is 0. The standard InChI is InChI=1S/C7H7N3O6/c11-1-8(2-12)7(9(3-13)4-14)10(5-15)6-16/h1-7H. The first-order valence-electron chi connectivity index (χ1n) is 3.74. The number of carbonyl (C=O) groups is 6. The zero-order chi connectivity index (χ0) is 12.6. The van der Waals surface area contributed by atoms with Gasteiger partial charge in [-0.15, -0.1) is 0 Å². The van der Waals surface area contributed by atoms with Crippen LogP contribution in [0.5, 0.6) is 0 Å². The minimum atomic E-state index is -1.74. The van der Waals surface area contributed by atoms with Gasteiger partial charge in [-0.25, -0.2) is 14.7 Å². The second-order valence-electron chi connectivity index (χ2n) is 2.32. The SMILES string of the molecule is O=CN(C=O)C(N(C=O)C=O)N(C=O)C=O. The van der Waals surface area contributed by atoms with E-state index in [1.807, 2.05) is 0 Å². The molecule has 0 spiro atoms. The van der Waals surface area contributed by atoms with E-state index >= 15 is 0 Å². The van der Waals surface area contributed by atoms with Gasteiger partial charge in [0, 0.05) is 0 Å². The number of amides is 6. The first-order valence-corrected chi connectivity index (χ1v) is 3.74. The summed E-state index contributed by atoms with van der Waals surface area (Å²) in [5.74, 6) is 0. The number of hydrogen-bond donors (Lipinski definition) is 0. The van der Waals surface area contributed by atoms with Gasteiger partial charge in [-0.2, -0.15) is 0 Å². The van der Waals surface area contributed by atoms with E-state index in [0.29, 0.717) is 0 Å². The molecule has 0 saturated heterocycles. The van der Waals surface area contributed by atoms with Crippen LogP contribution in [0, 0.1) is 0 Å². The maximum Gasteiger partial charge on any atom is 0.219 e. The summed E-state index contributed by atoms with van der Waals surface area (Å²) < 4.78 is 0. The van der Waals surface area contributed by atoms with Crippen molar-refractivity contribution in [2.45, 2.75) is 6.29 Å². The van der Waals surface area contributed by atoms with E-state index in [9.17, 15) is 28.8 Å². The van der Waals surface area contributed by atoms with Gasteiger partial charge in [-0.3, -0.25) is 28.8 Å². The lowest BCUT2D eigenvalue weighted by atomic mass is 10.5. The highest BCUT2D eigenvalue weighted by Crippen LogP contribution is 2.02. The van der Waals surface area contributed by atoms with Crippen molar-refractivity contribution >= 4 is 38.5 Å². The van der Waals surface area contributed by atoms with E-state index in [2.05, 4.69) is 0 Å². The van der Waals surface area contributed by atoms with Crippen LogP contribution in [0.25, 0.3) is 0 Å². The van der Waals surface area contributed by atoms with Crippen LogP contribution < -0.4 is 0 Å². The molecule has 0 aliphatic rings. The summed E-state index contributed by atoms with van der Waals surface area (Å²) in [6.45, 7) is 0. The molecule has 0 unspecified atom stereocenters. The van der Waals surface area contributed by atoms with Gasteiger partial charge in [0.15, 0.2) is 0 Å². The van der Waals surface area contributed by atoms with Crippen molar-refractivity contribution in [1.29, 1.82) is 0 Å². The molecular weight excluding hydrogens is 222 g/mol. The van der Waals surface area contributed by atoms with Crippen LogP contribution in [-0.2, 0) is 28.8 Å². The molecule has 9 heteroatoms. The summed E-state index contributed by atoms with van der Waals surface area (Å²) in [4.78, 5) is 63.3. The molecule has 0 radical (unpaired) electrons. The quantitative estimate of drug-likeness (QED) is 0.310. The summed E-state index contributed by atoms with van der Waals surface area (Å²) in [5, 5.41) is 0. The van der Waals surface area contributed by atoms with E-state index in [1.54, 1.807) is 0 Å². The molecule has 86 valence electrons. The number of hydrogen-bond acceptors (Lipinski definition) is 6. The van der Waals surface area contributed by atoms with Gasteiger partial charge >= 0.3 is 0 Å². The summed E-state index contributed by atoms with van der Waals surface area (Å²) in [5.41, 5.74) is 0. The van der Waals surface area contributed by atoms with E-state index < -0.39 is 6.29 Å². The maximum absolute atomic E-state index is 10.4. The largest absolute Gasteiger partial charge is 0.278 e.